The molecule has 30 heavy (non-hydrogen) atoms. The molecular formula is C22H24ClN5O2. The zero-order valence-electron chi connectivity index (χ0n) is 16.6. The molecule has 1 aliphatic rings. The van der Waals surface area contributed by atoms with Crippen LogP contribution in [-0.2, 0) is 17.7 Å². The van der Waals surface area contributed by atoms with Crippen molar-refractivity contribution in [2.45, 2.75) is 31.9 Å². The van der Waals surface area contributed by atoms with Gasteiger partial charge in [0.2, 0.25) is 0 Å². The maximum atomic E-state index is 12.9. The number of ether oxygens (including phenoxy) is 1. The van der Waals surface area contributed by atoms with Crippen molar-refractivity contribution in [1.82, 2.24) is 25.1 Å². The molecule has 2 unspecified atom stereocenters. The number of carbonyl (C=O) groups is 1. The normalized spacial score (nSPS) is 17.1. The monoisotopic (exact) mass is 425 g/mol. The van der Waals surface area contributed by atoms with Gasteiger partial charge in [0, 0.05) is 23.7 Å². The molecule has 7 nitrogen and oxygen atoms in total. The van der Waals surface area contributed by atoms with Gasteiger partial charge in [-0.1, -0.05) is 60.1 Å². The van der Waals surface area contributed by atoms with Gasteiger partial charge in [0.1, 0.15) is 6.54 Å². The second-order valence-electron chi connectivity index (χ2n) is 7.51. The third kappa shape index (κ3) is 5.16. The Hall–Kier alpha value is -2.93. The lowest BCUT2D eigenvalue weighted by Crippen LogP contribution is -2.32. The zero-order valence-corrected chi connectivity index (χ0v) is 17.4. The summed E-state index contributed by atoms with van der Waals surface area (Å²) >= 11 is 6.35. The van der Waals surface area contributed by atoms with E-state index in [4.69, 9.17) is 16.3 Å². The summed E-state index contributed by atoms with van der Waals surface area (Å²) in [4.78, 5) is 16.1. The molecule has 0 aliphatic carbocycles. The highest BCUT2D eigenvalue weighted by atomic mass is 35.5. The van der Waals surface area contributed by atoms with Gasteiger partial charge in [-0.2, -0.15) is 4.80 Å². The van der Waals surface area contributed by atoms with Crippen molar-refractivity contribution < 1.29 is 9.53 Å². The number of likely N-dealkylation sites (tertiary alicyclic amines) is 1. The van der Waals surface area contributed by atoms with E-state index in [9.17, 15) is 4.79 Å². The van der Waals surface area contributed by atoms with E-state index in [1.165, 1.54) is 16.7 Å². The van der Waals surface area contributed by atoms with E-state index in [0.29, 0.717) is 24.0 Å². The molecule has 8 heteroatoms. The Morgan fingerprint density at radius 2 is 1.97 bits per heavy atom. The van der Waals surface area contributed by atoms with Gasteiger partial charge in [-0.15, -0.1) is 10.2 Å². The lowest BCUT2D eigenvalue weighted by molar-refractivity contribution is 0.0550. The maximum absolute atomic E-state index is 12.9. The molecule has 1 fully saturated rings. The van der Waals surface area contributed by atoms with Crippen LogP contribution >= 0.6 is 11.6 Å². The fourth-order valence-electron chi connectivity index (χ4n) is 3.80. The SMILES string of the molecule is O=C(OC(Cn1ncnn1)c1ccccc1Cl)N1CCC(CCc2ccccc2)C1. The Kier molecular flexibility index (Phi) is 6.59. The van der Waals surface area contributed by atoms with E-state index in [1.807, 2.05) is 24.3 Å². The number of halogens is 1. The van der Waals surface area contributed by atoms with Gasteiger partial charge in [0.15, 0.2) is 12.4 Å². The summed E-state index contributed by atoms with van der Waals surface area (Å²) in [7, 11) is 0. The number of rotatable bonds is 7. The number of carbonyl (C=O) groups excluding carboxylic acids is 1. The summed E-state index contributed by atoms with van der Waals surface area (Å²) in [5.74, 6) is 0.480. The average molecular weight is 426 g/mol. The van der Waals surface area contributed by atoms with Gasteiger partial charge < -0.3 is 9.64 Å². The number of amides is 1. The number of aromatic nitrogens is 4. The van der Waals surface area contributed by atoms with Crippen LogP contribution in [0.15, 0.2) is 60.9 Å². The fourth-order valence-corrected chi connectivity index (χ4v) is 4.06. The number of benzene rings is 2. The smallest absolute Gasteiger partial charge is 0.410 e. The summed E-state index contributed by atoms with van der Waals surface area (Å²) in [5, 5.41) is 12.2. The van der Waals surface area contributed by atoms with Gasteiger partial charge >= 0.3 is 6.09 Å². The molecule has 156 valence electrons. The van der Waals surface area contributed by atoms with Gasteiger partial charge in [-0.05, 0) is 42.0 Å². The standard InChI is InChI=1S/C22H24ClN5O2/c23-20-9-5-4-8-19(20)21(15-28-25-16-24-26-28)30-22(29)27-13-12-18(14-27)11-10-17-6-2-1-3-7-17/h1-9,16,18,21H,10-15H2. The first-order valence-corrected chi connectivity index (χ1v) is 10.5. The molecule has 0 saturated carbocycles. The van der Waals surface area contributed by atoms with Crippen LogP contribution in [0.5, 0.6) is 0 Å². The first-order chi connectivity index (χ1) is 14.7. The van der Waals surface area contributed by atoms with Crippen LogP contribution in [-0.4, -0.2) is 44.3 Å². The Bertz CT molecular complexity index is 951. The number of nitrogens with zero attached hydrogens (tertiary/aromatic N) is 5. The minimum atomic E-state index is -0.594. The van der Waals surface area contributed by atoms with Crippen LogP contribution in [0.4, 0.5) is 4.79 Å². The Balaban J connectivity index is 1.37. The topological polar surface area (TPSA) is 73.1 Å². The van der Waals surface area contributed by atoms with Gasteiger partial charge in [-0.3, -0.25) is 0 Å². The summed E-state index contributed by atoms with van der Waals surface area (Å²) in [6.07, 6.45) is 3.50. The molecular weight excluding hydrogens is 402 g/mol. The van der Waals surface area contributed by atoms with Crippen LogP contribution in [0.1, 0.15) is 30.1 Å². The van der Waals surface area contributed by atoms with E-state index >= 15 is 0 Å². The third-order valence-corrected chi connectivity index (χ3v) is 5.79. The average Bonchev–Trinajstić information content (AvgIpc) is 3.45. The van der Waals surface area contributed by atoms with Crippen molar-refractivity contribution in [3.05, 3.63) is 77.1 Å². The molecule has 1 aromatic heterocycles. The minimum absolute atomic E-state index is 0.251. The summed E-state index contributed by atoms with van der Waals surface area (Å²) in [6.45, 7) is 1.67. The highest BCUT2D eigenvalue weighted by molar-refractivity contribution is 6.31. The summed E-state index contributed by atoms with van der Waals surface area (Å²) in [5.41, 5.74) is 2.06. The molecule has 2 aromatic carbocycles. The number of hydrogen-bond acceptors (Lipinski definition) is 5. The second kappa shape index (κ2) is 9.71. The van der Waals surface area contributed by atoms with Crippen molar-refractivity contribution >= 4 is 17.7 Å². The number of hydrogen-bond donors (Lipinski definition) is 0. The van der Waals surface area contributed by atoms with E-state index in [-0.39, 0.29) is 12.6 Å². The molecule has 0 radical (unpaired) electrons. The largest absolute Gasteiger partial charge is 0.439 e. The third-order valence-electron chi connectivity index (χ3n) is 5.44. The summed E-state index contributed by atoms with van der Waals surface area (Å²) < 4.78 is 5.86. The number of aryl methyl sites for hydroxylation is 1. The van der Waals surface area contributed by atoms with Crippen molar-refractivity contribution in [2.24, 2.45) is 5.92 Å². The first-order valence-electron chi connectivity index (χ1n) is 10.1. The Labute approximate surface area is 180 Å². The molecule has 0 N–H and O–H groups in total. The first kappa shape index (κ1) is 20.3. The van der Waals surface area contributed by atoms with Crippen LogP contribution < -0.4 is 0 Å². The fraction of sp³-hybridized carbons (Fsp3) is 0.364. The molecule has 0 bridgehead atoms. The van der Waals surface area contributed by atoms with Gasteiger partial charge in [-0.25, -0.2) is 4.79 Å². The molecule has 4 rings (SSSR count). The highest BCUT2D eigenvalue weighted by Gasteiger charge is 2.30. The lowest BCUT2D eigenvalue weighted by Gasteiger charge is -2.23. The van der Waals surface area contributed by atoms with E-state index in [1.54, 1.807) is 11.0 Å². The molecule has 1 saturated heterocycles. The maximum Gasteiger partial charge on any atom is 0.410 e. The predicted octanol–water partition coefficient (Wildman–Crippen LogP) is 4.16. The van der Waals surface area contributed by atoms with Crippen LogP contribution in [0.25, 0.3) is 0 Å². The van der Waals surface area contributed by atoms with Gasteiger partial charge in [0.05, 0.1) is 0 Å². The van der Waals surface area contributed by atoms with Crippen LogP contribution in [0.2, 0.25) is 5.02 Å². The van der Waals surface area contributed by atoms with Crippen molar-refractivity contribution in [2.75, 3.05) is 13.1 Å². The van der Waals surface area contributed by atoms with Crippen molar-refractivity contribution in [3.8, 4) is 0 Å². The Morgan fingerprint density at radius 1 is 1.17 bits per heavy atom. The molecule has 1 aliphatic heterocycles. The number of tetrazole rings is 1. The van der Waals surface area contributed by atoms with Gasteiger partial charge in [0.25, 0.3) is 0 Å². The molecule has 2 atom stereocenters. The highest BCUT2D eigenvalue weighted by Crippen LogP contribution is 2.29. The predicted molar refractivity (Wildman–Crippen MR) is 113 cm³/mol. The minimum Gasteiger partial charge on any atom is -0.439 e. The molecule has 1 amide bonds. The quantitative estimate of drug-likeness (QED) is 0.568. The molecule has 0 spiro atoms. The van der Waals surface area contributed by atoms with E-state index < -0.39 is 6.10 Å². The van der Waals surface area contributed by atoms with Crippen LogP contribution in [0.3, 0.4) is 0 Å². The lowest BCUT2D eigenvalue weighted by atomic mass is 9.99. The van der Waals surface area contributed by atoms with E-state index in [0.717, 1.165) is 24.8 Å². The van der Waals surface area contributed by atoms with E-state index in [2.05, 4.69) is 39.7 Å². The van der Waals surface area contributed by atoms with Crippen molar-refractivity contribution in [1.29, 1.82) is 0 Å². The molecule has 3 aromatic rings. The Morgan fingerprint density at radius 3 is 2.73 bits per heavy atom. The van der Waals surface area contributed by atoms with Crippen molar-refractivity contribution in [3.63, 3.8) is 0 Å². The summed E-state index contributed by atoms with van der Waals surface area (Å²) in [6, 6.07) is 17.8. The second-order valence-corrected chi connectivity index (χ2v) is 7.92. The van der Waals surface area contributed by atoms with Crippen LogP contribution in [0, 0.1) is 5.92 Å². The zero-order chi connectivity index (χ0) is 20.8. The molecule has 2 heterocycles.